The molecule has 3 nitrogen and oxygen atoms in total. The van der Waals surface area contributed by atoms with E-state index in [9.17, 15) is 9.65 Å². The smallest absolute Gasteiger partial charge is 0.146 e. The van der Waals surface area contributed by atoms with Gasteiger partial charge in [0.25, 0.3) is 0 Å². The molecule has 1 unspecified atom stereocenters. The van der Waals surface area contributed by atoms with Gasteiger partial charge >= 0.3 is 0 Å². The van der Waals surface area contributed by atoms with E-state index in [0.29, 0.717) is 5.69 Å². The molecule has 1 aromatic rings. The molecule has 0 fully saturated rings. The molecule has 0 aliphatic heterocycles. The Morgan fingerprint density at radius 2 is 2.05 bits per heavy atom. The summed E-state index contributed by atoms with van der Waals surface area (Å²) < 4.78 is 13.7. The second kappa shape index (κ2) is 7.99. The van der Waals surface area contributed by atoms with E-state index in [4.69, 9.17) is 0 Å². The Morgan fingerprint density at radius 3 is 2.57 bits per heavy atom. The van der Waals surface area contributed by atoms with Crippen molar-refractivity contribution in [1.82, 2.24) is 5.32 Å². The number of para-hydroxylation sites is 1. The molecule has 0 aromatic heterocycles. The van der Waals surface area contributed by atoms with Crippen molar-refractivity contribution in [3.63, 3.8) is 0 Å². The zero-order chi connectivity index (χ0) is 15.9. The highest BCUT2D eigenvalue weighted by molar-refractivity contribution is 5.46. The van der Waals surface area contributed by atoms with E-state index in [1.54, 1.807) is 12.1 Å². The van der Waals surface area contributed by atoms with Gasteiger partial charge in [0.15, 0.2) is 0 Å². The van der Waals surface area contributed by atoms with Gasteiger partial charge in [0.1, 0.15) is 11.4 Å². The van der Waals surface area contributed by atoms with Crippen LogP contribution in [0.15, 0.2) is 24.3 Å². The molecular weight excluding hydrogens is 265 g/mol. The van der Waals surface area contributed by atoms with Gasteiger partial charge in [-0.1, -0.05) is 19.1 Å². The van der Waals surface area contributed by atoms with Crippen LogP contribution in [0.3, 0.4) is 0 Å². The van der Waals surface area contributed by atoms with Gasteiger partial charge in [0.05, 0.1) is 11.8 Å². The Morgan fingerprint density at radius 1 is 1.38 bits per heavy atom. The van der Waals surface area contributed by atoms with Gasteiger partial charge in [-0.15, -0.1) is 0 Å². The lowest BCUT2D eigenvalue weighted by atomic mass is 9.91. The Labute approximate surface area is 127 Å². The van der Waals surface area contributed by atoms with Crippen LogP contribution < -0.4 is 10.2 Å². The molecule has 0 saturated heterocycles. The highest BCUT2D eigenvalue weighted by Gasteiger charge is 2.27. The minimum absolute atomic E-state index is 0.206. The van der Waals surface area contributed by atoms with Gasteiger partial charge < -0.3 is 4.90 Å². The molecule has 0 heterocycles. The monoisotopic (exact) mass is 291 g/mol. The van der Waals surface area contributed by atoms with Gasteiger partial charge in [-0.2, -0.15) is 5.26 Å². The largest absolute Gasteiger partial charge is 0.372 e. The highest BCUT2D eigenvalue weighted by atomic mass is 19.1. The predicted octanol–water partition coefficient (Wildman–Crippen LogP) is 3.71. The van der Waals surface area contributed by atoms with Crippen LogP contribution in [0, 0.1) is 17.1 Å². The third-order valence-electron chi connectivity index (χ3n) is 3.74. The van der Waals surface area contributed by atoms with Crippen molar-refractivity contribution in [2.75, 3.05) is 18.5 Å². The number of rotatable bonds is 8. The van der Waals surface area contributed by atoms with Crippen LogP contribution >= 0.6 is 0 Å². The van der Waals surface area contributed by atoms with Crippen LogP contribution in [-0.4, -0.2) is 25.2 Å². The van der Waals surface area contributed by atoms with Crippen LogP contribution in [0.1, 0.15) is 40.0 Å². The molecular formula is C17H26FN3. The van der Waals surface area contributed by atoms with Gasteiger partial charge in [-0.25, -0.2) is 4.39 Å². The fourth-order valence-corrected chi connectivity index (χ4v) is 2.57. The minimum atomic E-state index is -0.482. The van der Waals surface area contributed by atoms with Crippen molar-refractivity contribution in [3.05, 3.63) is 30.1 Å². The molecule has 0 bridgehead atoms. The summed E-state index contributed by atoms with van der Waals surface area (Å²) >= 11 is 0. The molecule has 1 rings (SSSR count). The average molecular weight is 291 g/mol. The number of halogens is 1. The maximum absolute atomic E-state index is 13.7. The first-order valence-corrected chi connectivity index (χ1v) is 7.58. The Bertz CT molecular complexity index is 481. The summed E-state index contributed by atoms with van der Waals surface area (Å²) in [5.74, 6) is -0.206. The lowest BCUT2D eigenvalue weighted by Crippen LogP contribution is -2.47. The number of hydrogen-bond donors (Lipinski definition) is 1. The summed E-state index contributed by atoms with van der Waals surface area (Å²) in [7, 11) is 1.88. The van der Waals surface area contributed by atoms with Crippen LogP contribution in [-0.2, 0) is 0 Å². The third kappa shape index (κ3) is 5.02. The molecule has 4 heteroatoms. The van der Waals surface area contributed by atoms with E-state index < -0.39 is 5.54 Å². The molecule has 1 aromatic carbocycles. The van der Waals surface area contributed by atoms with E-state index in [2.05, 4.69) is 11.4 Å². The second-order valence-electron chi connectivity index (χ2n) is 5.82. The summed E-state index contributed by atoms with van der Waals surface area (Å²) in [4.78, 5) is 1.91. The summed E-state index contributed by atoms with van der Waals surface area (Å²) in [6.45, 7) is 6.85. The number of nitrogens with zero attached hydrogens (tertiary/aromatic N) is 2. The van der Waals surface area contributed by atoms with Crippen LogP contribution in [0.2, 0.25) is 0 Å². The molecule has 0 spiro atoms. The van der Waals surface area contributed by atoms with Crippen molar-refractivity contribution in [3.8, 4) is 6.07 Å². The highest BCUT2D eigenvalue weighted by Crippen LogP contribution is 2.21. The summed E-state index contributed by atoms with van der Waals surface area (Å²) in [5.41, 5.74) is 0.123. The average Bonchev–Trinajstić information content (AvgIpc) is 2.46. The van der Waals surface area contributed by atoms with Crippen molar-refractivity contribution in [1.29, 1.82) is 5.26 Å². The van der Waals surface area contributed by atoms with Gasteiger partial charge in [0, 0.05) is 19.6 Å². The van der Waals surface area contributed by atoms with Crippen molar-refractivity contribution in [2.45, 2.75) is 51.6 Å². The fourth-order valence-electron chi connectivity index (χ4n) is 2.57. The molecule has 0 saturated carbocycles. The minimum Gasteiger partial charge on any atom is -0.372 e. The van der Waals surface area contributed by atoms with Crippen molar-refractivity contribution in [2.24, 2.45) is 0 Å². The lowest BCUT2D eigenvalue weighted by molar-refractivity contribution is 0.337. The quantitative estimate of drug-likeness (QED) is 0.793. The maximum Gasteiger partial charge on any atom is 0.146 e. The molecule has 0 amide bonds. The number of nitriles is 1. The van der Waals surface area contributed by atoms with E-state index in [1.807, 2.05) is 38.8 Å². The summed E-state index contributed by atoms with van der Waals surface area (Å²) in [6.07, 6.45) is 2.37. The number of anilines is 1. The zero-order valence-corrected chi connectivity index (χ0v) is 13.5. The Balaban J connectivity index is 2.59. The molecule has 0 aliphatic rings. The molecule has 0 radical (unpaired) electrons. The first-order valence-electron chi connectivity index (χ1n) is 7.58. The van der Waals surface area contributed by atoms with E-state index >= 15 is 0 Å². The predicted molar refractivity (Wildman–Crippen MR) is 85.8 cm³/mol. The molecule has 1 atom stereocenters. The molecule has 0 aliphatic carbocycles. The lowest BCUT2D eigenvalue weighted by Gasteiger charge is -2.30. The van der Waals surface area contributed by atoms with Crippen LogP contribution in [0.5, 0.6) is 0 Å². The fraction of sp³-hybridized carbons (Fsp3) is 0.588. The normalized spacial score (nSPS) is 13.8. The van der Waals surface area contributed by atoms with E-state index in [1.165, 1.54) is 6.07 Å². The molecule has 116 valence electrons. The number of benzene rings is 1. The van der Waals surface area contributed by atoms with Crippen LogP contribution in [0.25, 0.3) is 0 Å². The van der Waals surface area contributed by atoms with Crippen molar-refractivity contribution >= 4 is 5.69 Å². The first kappa shape index (κ1) is 17.5. The summed E-state index contributed by atoms with van der Waals surface area (Å²) in [5, 5.41) is 12.8. The maximum atomic E-state index is 13.7. The molecule has 21 heavy (non-hydrogen) atoms. The number of nitrogens with one attached hydrogen (secondary N) is 1. The molecule has 1 N–H and O–H groups in total. The summed E-state index contributed by atoms with van der Waals surface area (Å²) in [6, 6.07) is 9.46. The topological polar surface area (TPSA) is 39.1 Å². The first-order chi connectivity index (χ1) is 9.94. The van der Waals surface area contributed by atoms with Crippen LogP contribution in [0.4, 0.5) is 10.1 Å². The van der Waals surface area contributed by atoms with E-state index in [-0.39, 0.29) is 11.9 Å². The van der Waals surface area contributed by atoms with Gasteiger partial charge in [-0.05, 0) is 45.2 Å². The second-order valence-corrected chi connectivity index (χ2v) is 5.82. The van der Waals surface area contributed by atoms with Crippen molar-refractivity contribution < 1.29 is 4.39 Å². The third-order valence-corrected chi connectivity index (χ3v) is 3.74. The number of hydrogen-bond acceptors (Lipinski definition) is 3. The van der Waals surface area contributed by atoms with Gasteiger partial charge in [-0.3, -0.25) is 5.32 Å². The SMILES string of the molecule is CCC(C#N)(CCCN(C)c1ccccc1F)NC(C)C. The Kier molecular flexibility index (Phi) is 6.64. The standard InChI is InChI=1S/C17H26FN3/c1-5-17(13-19,20-14(2)3)11-8-12-21(4)16-10-7-6-9-15(16)18/h6-7,9-10,14,20H,5,8,11-12H2,1-4H3. The Hall–Kier alpha value is -1.60. The zero-order valence-electron chi connectivity index (χ0n) is 13.5. The van der Waals surface area contributed by atoms with Gasteiger partial charge in [0.2, 0.25) is 0 Å². The van der Waals surface area contributed by atoms with E-state index in [0.717, 1.165) is 25.8 Å².